The van der Waals surface area contributed by atoms with Gasteiger partial charge < -0.3 is 15.2 Å². The summed E-state index contributed by atoms with van der Waals surface area (Å²) in [6.07, 6.45) is 3.60. The van der Waals surface area contributed by atoms with Gasteiger partial charge in [-0.3, -0.25) is 4.99 Å². The molecule has 6 heteroatoms. The molecule has 0 saturated heterocycles. The number of aromatic hydroxyl groups is 1. The van der Waals surface area contributed by atoms with Gasteiger partial charge in [0.2, 0.25) is 0 Å². The van der Waals surface area contributed by atoms with Crippen molar-refractivity contribution in [2.45, 2.75) is 6.92 Å². The van der Waals surface area contributed by atoms with Crippen LogP contribution in [0, 0.1) is 0 Å². The number of thiophene rings is 1. The van der Waals surface area contributed by atoms with E-state index in [0.29, 0.717) is 9.88 Å². The first kappa shape index (κ1) is 18.0. The van der Waals surface area contributed by atoms with Crippen molar-refractivity contribution in [2.24, 2.45) is 4.99 Å². The Morgan fingerprint density at radius 3 is 2.71 bits per heavy atom. The Morgan fingerprint density at radius 2 is 1.93 bits per heavy atom. The van der Waals surface area contributed by atoms with Crippen LogP contribution in [0.15, 0.2) is 59.6 Å². The van der Waals surface area contributed by atoms with Gasteiger partial charge in [0.25, 0.3) is 0 Å². The Bertz CT molecular complexity index is 1080. The molecule has 28 heavy (non-hydrogen) atoms. The molecule has 0 spiro atoms. The number of hydrogen-bond acceptors (Lipinski definition) is 6. The molecule has 5 nitrogen and oxygen atoms in total. The second-order valence-electron chi connectivity index (χ2n) is 6.11. The maximum atomic E-state index is 12.5. The lowest BCUT2D eigenvalue weighted by atomic mass is 10.1. The van der Waals surface area contributed by atoms with Crippen molar-refractivity contribution >= 4 is 51.5 Å². The molecule has 2 heterocycles. The molecule has 3 aromatic rings. The maximum absolute atomic E-state index is 12.5. The fourth-order valence-electron chi connectivity index (χ4n) is 2.97. The number of rotatable bonds is 5. The minimum Gasteiger partial charge on any atom is -0.505 e. The van der Waals surface area contributed by atoms with E-state index in [0.717, 1.165) is 22.5 Å². The number of hydrogen-bond donors (Lipinski definition) is 2. The van der Waals surface area contributed by atoms with E-state index in [9.17, 15) is 9.90 Å². The Kier molecular flexibility index (Phi) is 4.95. The predicted octanol–water partition coefficient (Wildman–Crippen LogP) is 5.63. The summed E-state index contributed by atoms with van der Waals surface area (Å²) < 4.78 is 5.15. The van der Waals surface area contributed by atoms with Crippen LogP contribution < -0.4 is 5.32 Å². The summed E-state index contributed by atoms with van der Waals surface area (Å²) in [5.74, 6) is -0.646. The van der Waals surface area contributed by atoms with Crippen LogP contribution in [-0.2, 0) is 4.74 Å². The summed E-state index contributed by atoms with van der Waals surface area (Å²) in [7, 11) is 0. The predicted molar refractivity (Wildman–Crippen MR) is 114 cm³/mol. The lowest BCUT2D eigenvalue weighted by molar-refractivity contribution is 0.0525. The van der Waals surface area contributed by atoms with E-state index in [2.05, 4.69) is 10.3 Å². The topological polar surface area (TPSA) is 70.9 Å². The van der Waals surface area contributed by atoms with Crippen LogP contribution >= 0.6 is 11.3 Å². The molecule has 2 aromatic carbocycles. The minimum atomic E-state index is -0.556. The Hall–Kier alpha value is -3.38. The van der Waals surface area contributed by atoms with E-state index in [-0.39, 0.29) is 17.9 Å². The largest absolute Gasteiger partial charge is 0.505 e. The number of para-hydroxylation sites is 2. The van der Waals surface area contributed by atoms with Gasteiger partial charge in [-0.2, -0.15) is 0 Å². The number of carbonyl (C=O) groups is 1. The molecule has 1 aliphatic heterocycles. The third-order valence-electron chi connectivity index (χ3n) is 4.26. The highest BCUT2D eigenvalue weighted by Gasteiger charge is 2.25. The molecule has 0 radical (unpaired) electrons. The smallest absolute Gasteiger partial charge is 0.344 e. The number of benzene rings is 2. The molecule has 0 atom stereocenters. The molecular weight excluding hydrogens is 372 g/mol. The van der Waals surface area contributed by atoms with Crippen LogP contribution in [0.5, 0.6) is 5.75 Å². The minimum absolute atomic E-state index is 0.0906. The highest BCUT2D eigenvalue weighted by atomic mass is 32.1. The van der Waals surface area contributed by atoms with Gasteiger partial charge in [0, 0.05) is 23.0 Å². The zero-order valence-corrected chi connectivity index (χ0v) is 16.0. The number of allylic oxidation sites excluding steroid dienone is 1. The van der Waals surface area contributed by atoms with Crippen molar-refractivity contribution in [1.29, 1.82) is 0 Å². The van der Waals surface area contributed by atoms with Crippen LogP contribution in [0.25, 0.3) is 11.6 Å². The van der Waals surface area contributed by atoms with Crippen molar-refractivity contribution < 1.29 is 14.6 Å². The van der Waals surface area contributed by atoms with Gasteiger partial charge in [-0.1, -0.05) is 36.4 Å². The summed E-state index contributed by atoms with van der Waals surface area (Å²) >= 11 is 1.30. The Labute approximate surface area is 166 Å². The molecule has 1 aliphatic rings. The van der Waals surface area contributed by atoms with Gasteiger partial charge in [-0.15, -0.1) is 11.3 Å². The number of nitrogens with one attached hydrogen (secondary N) is 1. The Balaban J connectivity index is 1.77. The van der Waals surface area contributed by atoms with Crippen LogP contribution in [0.1, 0.15) is 27.7 Å². The molecule has 0 saturated carbocycles. The number of aliphatic imine (C=N–C) groups is 1. The molecule has 140 valence electrons. The lowest BCUT2D eigenvalue weighted by Gasteiger charge is -2.07. The quantitative estimate of drug-likeness (QED) is 0.554. The van der Waals surface area contributed by atoms with E-state index in [1.54, 1.807) is 13.1 Å². The summed E-state index contributed by atoms with van der Waals surface area (Å²) in [6.45, 7) is 1.97. The van der Waals surface area contributed by atoms with Crippen molar-refractivity contribution in [3.63, 3.8) is 0 Å². The molecule has 0 unspecified atom stereocenters. The SMILES string of the molecule is CCOC(=O)c1c(Nc2ccccc2)sc(C=C2C=Nc3ccccc32)c1O. The first-order chi connectivity index (χ1) is 13.7. The summed E-state index contributed by atoms with van der Waals surface area (Å²) in [5.41, 5.74) is 3.73. The summed E-state index contributed by atoms with van der Waals surface area (Å²) in [6, 6.07) is 17.3. The van der Waals surface area contributed by atoms with Gasteiger partial charge in [-0.05, 0) is 31.2 Å². The van der Waals surface area contributed by atoms with E-state index in [1.165, 1.54) is 11.3 Å². The lowest BCUT2D eigenvalue weighted by Crippen LogP contribution is -2.06. The highest BCUT2D eigenvalue weighted by Crippen LogP contribution is 2.43. The molecule has 0 fully saturated rings. The average molecular weight is 390 g/mol. The Morgan fingerprint density at radius 1 is 1.18 bits per heavy atom. The molecule has 0 bridgehead atoms. The number of esters is 1. The van der Waals surface area contributed by atoms with E-state index in [4.69, 9.17) is 4.74 Å². The molecule has 0 aliphatic carbocycles. The number of nitrogens with zero attached hydrogens (tertiary/aromatic N) is 1. The van der Waals surface area contributed by atoms with Gasteiger partial charge in [0.05, 0.1) is 17.2 Å². The van der Waals surface area contributed by atoms with Gasteiger partial charge in [-0.25, -0.2) is 4.79 Å². The van der Waals surface area contributed by atoms with Crippen LogP contribution in [-0.4, -0.2) is 23.9 Å². The normalized spacial score (nSPS) is 13.5. The van der Waals surface area contributed by atoms with Gasteiger partial charge in [0.1, 0.15) is 16.3 Å². The first-order valence-electron chi connectivity index (χ1n) is 8.87. The van der Waals surface area contributed by atoms with Crippen LogP contribution in [0.2, 0.25) is 0 Å². The monoisotopic (exact) mass is 390 g/mol. The van der Waals surface area contributed by atoms with Crippen molar-refractivity contribution in [2.75, 3.05) is 11.9 Å². The third-order valence-corrected chi connectivity index (χ3v) is 5.31. The molecule has 4 rings (SSSR count). The summed E-state index contributed by atoms with van der Waals surface area (Å²) in [4.78, 5) is 17.4. The second-order valence-corrected chi connectivity index (χ2v) is 7.16. The zero-order valence-electron chi connectivity index (χ0n) is 15.2. The fourth-order valence-corrected chi connectivity index (χ4v) is 4.02. The maximum Gasteiger partial charge on any atom is 0.344 e. The second kappa shape index (κ2) is 7.70. The fraction of sp³-hybridized carbons (Fsp3) is 0.0909. The molecule has 2 N–H and O–H groups in total. The van der Waals surface area contributed by atoms with Crippen molar-refractivity contribution in [3.05, 3.63) is 70.6 Å². The van der Waals surface area contributed by atoms with Crippen molar-refractivity contribution in [3.8, 4) is 5.75 Å². The molecular formula is C22H18N2O3S. The number of carbonyl (C=O) groups excluding carboxylic acids is 1. The van der Waals surface area contributed by atoms with Crippen LogP contribution in [0.4, 0.5) is 16.4 Å². The van der Waals surface area contributed by atoms with E-state index in [1.807, 2.05) is 60.7 Å². The van der Waals surface area contributed by atoms with Crippen molar-refractivity contribution in [1.82, 2.24) is 0 Å². The van der Waals surface area contributed by atoms with E-state index < -0.39 is 5.97 Å². The standard InChI is InChI=1S/C22H18N2O3S/c1-2-27-22(26)19-20(25)18(28-21(19)24-15-8-4-3-5-9-15)12-14-13-23-17-11-7-6-10-16(14)17/h3-13,24-25H,2H2,1H3. The van der Waals surface area contributed by atoms with E-state index >= 15 is 0 Å². The first-order valence-corrected chi connectivity index (χ1v) is 9.69. The van der Waals surface area contributed by atoms with Gasteiger partial charge in [0.15, 0.2) is 0 Å². The average Bonchev–Trinajstić information content (AvgIpc) is 3.24. The number of ether oxygens (including phenoxy) is 1. The van der Waals surface area contributed by atoms with Crippen LogP contribution in [0.3, 0.4) is 0 Å². The highest BCUT2D eigenvalue weighted by molar-refractivity contribution is 7.18. The van der Waals surface area contributed by atoms with Gasteiger partial charge >= 0.3 is 5.97 Å². The zero-order chi connectivity index (χ0) is 19.5. The molecule has 1 aromatic heterocycles. The number of fused-ring (bicyclic) bond motifs is 1. The third kappa shape index (κ3) is 3.42. The summed E-state index contributed by atoms with van der Waals surface area (Å²) in [5, 5.41) is 14.5. The number of anilines is 2. The molecule has 0 amide bonds.